The first-order valence-corrected chi connectivity index (χ1v) is 13.9. The molecule has 0 unspecified atom stereocenters. The van der Waals surface area contributed by atoms with Crippen LogP contribution in [0.5, 0.6) is 0 Å². The Hall–Kier alpha value is -2.28. The Kier molecular flexibility index (Phi) is 7.28. The topological polar surface area (TPSA) is 23.6 Å². The van der Waals surface area contributed by atoms with Crippen molar-refractivity contribution < 1.29 is 9.18 Å². The fourth-order valence-corrected chi connectivity index (χ4v) is 6.41. The molecule has 0 N–H and O–H groups in total. The molecule has 34 heavy (non-hydrogen) atoms. The van der Waals surface area contributed by atoms with Gasteiger partial charge in [0.15, 0.2) is 5.78 Å². The highest BCUT2D eigenvalue weighted by molar-refractivity contribution is 8.00. The maximum absolute atomic E-state index is 13.2. The standard InChI is InChI=1S/C28H29FN2OS2/c1-33-23-11-12-27-25(19-23)31(24-5-2-3-6-26(24)34-27)16-4-15-30-17-13-21(14-18-30)28(32)20-7-9-22(29)10-8-20/h2-3,5-12,19,21H,4,13-18H2,1H3. The van der Waals surface area contributed by atoms with Crippen molar-refractivity contribution in [3.8, 4) is 0 Å². The van der Waals surface area contributed by atoms with Crippen molar-refractivity contribution in [3.63, 3.8) is 0 Å². The molecular weight excluding hydrogens is 463 g/mol. The average Bonchev–Trinajstić information content (AvgIpc) is 2.88. The van der Waals surface area contributed by atoms with Crippen LogP contribution in [0.2, 0.25) is 0 Å². The Morgan fingerprint density at radius 2 is 1.71 bits per heavy atom. The van der Waals surface area contributed by atoms with Gasteiger partial charge in [-0.3, -0.25) is 4.79 Å². The Balaban J connectivity index is 1.19. The number of ketones is 1. The number of thioether (sulfide) groups is 1. The molecule has 176 valence electrons. The number of carbonyl (C=O) groups is 1. The summed E-state index contributed by atoms with van der Waals surface area (Å²) >= 11 is 3.64. The number of hydrogen-bond donors (Lipinski definition) is 0. The van der Waals surface area contributed by atoms with E-state index in [4.69, 9.17) is 0 Å². The van der Waals surface area contributed by atoms with E-state index in [1.807, 2.05) is 11.8 Å². The van der Waals surface area contributed by atoms with Crippen molar-refractivity contribution in [1.29, 1.82) is 0 Å². The van der Waals surface area contributed by atoms with Crippen LogP contribution in [0.15, 0.2) is 81.4 Å². The van der Waals surface area contributed by atoms with Gasteiger partial charge in [-0.25, -0.2) is 4.39 Å². The fraction of sp³-hybridized carbons (Fsp3) is 0.321. The highest BCUT2D eigenvalue weighted by atomic mass is 32.2. The number of halogens is 1. The van der Waals surface area contributed by atoms with Crippen LogP contribution in [0.3, 0.4) is 0 Å². The number of carbonyl (C=O) groups excluding carboxylic acids is 1. The molecule has 1 saturated heterocycles. The molecule has 1 fully saturated rings. The monoisotopic (exact) mass is 492 g/mol. The number of likely N-dealkylation sites (tertiary alicyclic amines) is 1. The predicted molar refractivity (Wildman–Crippen MR) is 140 cm³/mol. The van der Waals surface area contributed by atoms with Crippen LogP contribution in [0.1, 0.15) is 29.6 Å². The van der Waals surface area contributed by atoms with Crippen LogP contribution < -0.4 is 4.90 Å². The SMILES string of the molecule is CSc1ccc2c(c1)N(CCCN1CCC(C(=O)c3ccc(F)cc3)CC1)c1ccccc1S2. The molecule has 0 radical (unpaired) electrons. The van der Waals surface area contributed by atoms with Gasteiger partial charge in [-0.15, -0.1) is 11.8 Å². The van der Waals surface area contributed by atoms with Gasteiger partial charge in [-0.05, 0) is 99.7 Å². The quantitative estimate of drug-likeness (QED) is 0.258. The maximum Gasteiger partial charge on any atom is 0.166 e. The normalized spacial score (nSPS) is 16.2. The predicted octanol–water partition coefficient (Wildman–Crippen LogP) is 7.14. The Morgan fingerprint density at radius 1 is 0.971 bits per heavy atom. The zero-order valence-electron chi connectivity index (χ0n) is 19.4. The first-order chi connectivity index (χ1) is 16.6. The van der Waals surface area contributed by atoms with Gasteiger partial charge in [0, 0.05) is 32.7 Å². The van der Waals surface area contributed by atoms with Crippen LogP contribution in [0, 0.1) is 11.7 Å². The molecule has 0 saturated carbocycles. The van der Waals surface area contributed by atoms with Crippen LogP contribution in [0.25, 0.3) is 0 Å². The molecule has 0 bridgehead atoms. The molecular formula is C28H29FN2OS2. The Labute approximate surface area is 209 Å². The van der Waals surface area contributed by atoms with Crippen LogP contribution >= 0.6 is 23.5 Å². The van der Waals surface area contributed by atoms with Gasteiger partial charge in [-0.1, -0.05) is 23.9 Å². The minimum absolute atomic E-state index is 0.0459. The number of benzene rings is 3. The van der Waals surface area contributed by atoms with Gasteiger partial charge >= 0.3 is 0 Å². The lowest BCUT2D eigenvalue weighted by molar-refractivity contribution is 0.0840. The van der Waals surface area contributed by atoms with Gasteiger partial charge in [-0.2, -0.15) is 0 Å². The third-order valence-electron chi connectivity index (χ3n) is 6.78. The molecule has 0 amide bonds. The summed E-state index contributed by atoms with van der Waals surface area (Å²) in [4.78, 5) is 21.7. The number of anilines is 2. The summed E-state index contributed by atoms with van der Waals surface area (Å²) in [6.45, 7) is 3.88. The van der Waals surface area contributed by atoms with E-state index in [1.54, 1.807) is 23.9 Å². The van der Waals surface area contributed by atoms with Crippen LogP contribution in [-0.2, 0) is 0 Å². The average molecular weight is 493 g/mol. The smallest absolute Gasteiger partial charge is 0.166 e. The van der Waals surface area contributed by atoms with E-state index < -0.39 is 0 Å². The van der Waals surface area contributed by atoms with E-state index in [0.717, 1.165) is 45.4 Å². The number of hydrogen-bond acceptors (Lipinski definition) is 5. The zero-order chi connectivity index (χ0) is 23.5. The Bertz CT molecular complexity index is 1160. The van der Waals surface area contributed by atoms with Gasteiger partial charge in [0.1, 0.15) is 5.82 Å². The lowest BCUT2D eigenvalue weighted by atomic mass is 9.89. The van der Waals surface area contributed by atoms with Crippen molar-refractivity contribution in [2.75, 3.05) is 37.3 Å². The highest BCUT2D eigenvalue weighted by Gasteiger charge is 2.27. The number of Topliss-reactive ketones (excluding diaryl/α,β-unsaturated/α-hetero) is 1. The van der Waals surface area contributed by atoms with E-state index in [2.05, 4.69) is 58.5 Å². The third-order valence-corrected chi connectivity index (χ3v) is 8.63. The molecule has 0 spiro atoms. The van der Waals surface area contributed by atoms with Crippen molar-refractivity contribution in [3.05, 3.63) is 78.1 Å². The number of para-hydroxylation sites is 1. The van der Waals surface area contributed by atoms with Crippen LogP contribution in [0.4, 0.5) is 15.8 Å². The summed E-state index contributed by atoms with van der Waals surface area (Å²) < 4.78 is 13.2. The Morgan fingerprint density at radius 3 is 2.47 bits per heavy atom. The molecule has 6 heteroatoms. The minimum atomic E-state index is -0.298. The molecule has 3 nitrogen and oxygen atoms in total. The summed E-state index contributed by atoms with van der Waals surface area (Å²) in [5, 5.41) is 0. The second kappa shape index (κ2) is 10.5. The molecule has 3 aromatic carbocycles. The van der Waals surface area contributed by atoms with Crippen molar-refractivity contribution in [2.24, 2.45) is 5.92 Å². The zero-order valence-corrected chi connectivity index (χ0v) is 21.0. The van der Waals surface area contributed by atoms with E-state index >= 15 is 0 Å². The summed E-state index contributed by atoms with van der Waals surface area (Å²) in [6.07, 6.45) is 4.94. The molecule has 0 aliphatic carbocycles. The van der Waals surface area contributed by atoms with E-state index in [-0.39, 0.29) is 17.5 Å². The van der Waals surface area contributed by atoms with Gasteiger partial charge in [0.2, 0.25) is 0 Å². The number of piperidine rings is 1. The van der Waals surface area contributed by atoms with Gasteiger partial charge < -0.3 is 9.80 Å². The van der Waals surface area contributed by atoms with Crippen molar-refractivity contribution in [2.45, 2.75) is 33.9 Å². The van der Waals surface area contributed by atoms with Crippen molar-refractivity contribution in [1.82, 2.24) is 4.90 Å². The largest absolute Gasteiger partial charge is 0.340 e. The summed E-state index contributed by atoms with van der Waals surface area (Å²) in [5.41, 5.74) is 3.23. The van der Waals surface area contributed by atoms with Crippen molar-refractivity contribution >= 4 is 40.7 Å². The second-order valence-electron chi connectivity index (χ2n) is 8.90. The van der Waals surface area contributed by atoms with E-state index in [0.29, 0.717) is 5.56 Å². The molecule has 0 atom stereocenters. The minimum Gasteiger partial charge on any atom is -0.340 e. The first-order valence-electron chi connectivity index (χ1n) is 11.9. The van der Waals surface area contributed by atoms with E-state index in [9.17, 15) is 9.18 Å². The molecule has 2 aliphatic heterocycles. The summed E-state index contributed by atoms with van der Waals surface area (Å²) in [6, 6.07) is 21.4. The first kappa shape index (κ1) is 23.5. The van der Waals surface area contributed by atoms with E-state index in [1.165, 1.54) is 38.2 Å². The lowest BCUT2D eigenvalue weighted by Gasteiger charge is -2.35. The van der Waals surface area contributed by atoms with Crippen LogP contribution in [-0.4, -0.2) is 43.1 Å². The highest BCUT2D eigenvalue weighted by Crippen LogP contribution is 2.48. The lowest BCUT2D eigenvalue weighted by Crippen LogP contribution is -2.38. The molecule has 5 rings (SSSR count). The molecule has 3 aromatic rings. The maximum atomic E-state index is 13.2. The number of rotatable bonds is 7. The number of fused-ring (bicyclic) bond motifs is 2. The fourth-order valence-electron chi connectivity index (χ4n) is 4.90. The molecule has 2 aliphatic rings. The van der Waals surface area contributed by atoms with Gasteiger partial charge in [0.25, 0.3) is 0 Å². The second-order valence-corrected chi connectivity index (χ2v) is 10.9. The molecule has 0 aromatic heterocycles. The number of nitrogens with zero attached hydrogens (tertiary/aromatic N) is 2. The third kappa shape index (κ3) is 5.04. The van der Waals surface area contributed by atoms with Gasteiger partial charge in [0.05, 0.1) is 11.4 Å². The summed E-state index contributed by atoms with van der Waals surface area (Å²) in [5.74, 6) is -0.0959. The summed E-state index contributed by atoms with van der Waals surface area (Å²) in [7, 11) is 0. The molecule has 2 heterocycles.